The van der Waals surface area contributed by atoms with Crippen LogP contribution >= 0.6 is 0 Å². The van der Waals surface area contributed by atoms with Crippen molar-refractivity contribution in [2.75, 3.05) is 13.7 Å². The third-order valence-electron chi connectivity index (χ3n) is 2.47. The highest BCUT2D eigenvalue weighted by atomic mass is 16.5. The van der Waals surface area contributed by atoms with Gasteiger partial charge >= 0.3 is 5.97 Å². The zero-order chi connectivity index (χ0) is 13.5. The quantitative estimate of drug-likeness (QED) is 0.782. The summed E-state index contributed by atoms with van der Waals surface area (Å²) in [5.74, 6) is -1.49. The summed E-state index contributed by atoms with van der Waals surface area (Å²) in [5, 5.41) is 11.5. The molecule has 1 rings (SSSR count). The summed E-state index contributed by atoms with van der Waals surface area (Å²) in [7, 11) is 1.38. The highest BCUT2D eigenvalue weighted by Gasteiger charge is 2.20. The molecular weight excluding hydrogens is 234 g/mol. The van der Waals surface area contributed by atoms with E-state index in [-0.39, 0.29) is 13.0 Å². The molecule has 18 heavy (non-hydrogen) atoms. The van der Waals surface area contributed by atoms with Gasteiger partial charge in [-0.05, 0) is 12.5 Å². The van der Waals surface area contributed by atoms with Gasteiger partial charge in [-0.15, -0.1) is 0 Å². The molecule has 1 amide bonds. The van der Waals surface area contributed by atoms with Crippen molar-refractivity contribution >= 4 is 11.9 Å². The van der Waals surface area contributed by atoms with Gasteiger partial charge in [0.1, 0.15) is 12.6 Å². The van der Waals surface area contributed by atoms with Gasteiger partial charge in [0.2, 0.25) is 5.91 Å². The molecule has 0 saturated carbocycles. The monoisotopic (exact) mass is 251 g/mol. The molecule has 0 aliphatic heterocycles. The Morgan fingerprint density at radius 2 is 1.94 bits per heavy atom. The lowest BCUT2D eigenvalue weighted by molar-refractivity contribution is -0.142. The van der Waals surface area contributed by atoms with E-state index in [9.17, 15) is 9.59 Å². The molecule has 0 aromatic heterocycles. The number of hydrogen-bond donors (Lipinski definition) is 2. The number of aliphatic carboxylic acids is 1. The van der Waals surface area contributed by atoms with E-state index in [4.69, 9.17) is 5.11 Å². The molecule has 0 fully saturated rings. The van der Waals surface area contributed by atoms with Gasteiger partial charge in [-0.2, -0.15) is 0 Å². The van der Waals surface area contributed by atoms with Crippen LogP contribution in [0, 0.1) is 6.92 Å². The van der Waals surface area contributed by atoms with E-state index >= 15 is 0 Å². The normalized spacial score (nSPS) is 11.9. The number of ether oxygens (including phenoxy) is 1. The predicted molar refractivity (Wildman–Crippen MR) is 66.3 cm³/mol. The Bertz CT molecular complexity index is 414. The smallest absolute Gasteiger partial charge is 0.326 e. The van der Waals surface area contributed by atoms with Crippen LogP contribution in [-0.4, -0.2) is 36.7 Å². The number of carbonyl (C=O) groups is 2. The maximum Gasteiger partial charge on any atom is 0.326 e. The van der Waals surface area contributed by atoms with Gasteiger partial charge in [0.25, 0.3) is 0 Å². The Morgan fingerprint density at radius 3 is 2.44 bits per heavy atom. The molecular formula is C13H17NO4. The van der Waals surface area contributed by atoms with Gasteiger partial charge in [0.05, 0.1) is 0 Å². The first-order valence-corrected chi connectivity index (χ1v) is 5.59. The van der Waals surface area contributed by atoms with Crippen molar-refractivity contribution in [1.82, 2.24) is 5.32 Å². The number of carbonyl (C=O) groups excluding carboxylic acids is 1. The SMILES string of the molecule is COCC(=O)N[C@@H](Cc1ccc(C)cc1)C(=O)O. The number of hydrogen-bond acceptors (Lipinski definition) is 3. The Balaban J connectivity index is 2.65. The average molecular weight is 251 g/mol. The van der Waals surface area contributed by atoms with Crippen molar-refractivity contribution in [3.05, 3.63) is 35.4 Å². The van der Waals surface area contributed by atoms with Crippen LogP contribution in [-0.2, 0) is 20.7 Å². The second-order valence-electron chi connectivity index (χ2n) is 4.08. The predicted octanol–water partition coefficient (Wildman–Crippen LogP) is 0.753. The second-order valence-corrected chi connectivity index (χ2v) is 4.08. The van der Waals surface area contributed by atoms with E-state index in [2.05, 4.69) is 10.1 Å². The van der Waals surface area contributed by atoms with Gasteiger partial charge in [0, 0.05) is 13.5 Å². The van der Waals surface area contributed by atoms with E-state index < -0.39 is 17.9 Å². The first kappa shape index (κ1) is 14.2. The minimum atomic E-state index is -1.06. The Morgan fingerprint density at radius 1 is 1.33 bits per heavy atom. The first-order chi connectivity index (χ1) is 8.52. The highest BCUT2D eigenvalue weighted by Crippen LogP contribution is 2.06. The summed E-state index contributed by atoms with van der Waals surface area (Å²) in [5.41, 5.74) is 1.97. The standard InChI is InChI=1S/C13H17NO4/c1-9-3-5-10(6-4-9)7-11(13(16)17)14-12(15)8-18-2/h3-6,11H,7-8H2,1-2H3,(H,14,15)(H,16,17)/t11-/m0/s1. The molecule has 1 aromatic carbocycles. The molecule has 0 spiro atoms. The highest BCUT2D eigenvalue weighted by molar-refractivity contribution is 5.84. The van der Waals surface area contributed by atoms with Crippen molar-refractivity contribution in [2.45, 2.75) is 19.4 Å². The number of benzene rings is 1. The van der Waals surface area contributed by atoms with Crippen LogP contribution < -0.4 is 5.32 Å². The summed E-state index contributed by atoms with van der Waals surface area (Å²) >= 11 is 0. The van der Waals surface area contributed by atoms with Crippen molar-refractivity contribution in [3.8, 4) is 0 Å². The molecule has 5 nitrogen and oxygen atoms in total. The van der Waals surface area contributed by atoms with E-state index in [0.717, 1.165) is 11.1 Å². The first-order valence-electron chi connectivity index (χ1n) is 5.59. The van der Waals surface area contributed by atoms with Crippen LogP contribution in [0.4, 0.5) is 0 Å². The molecule has 1 aromatic rings. The third kappa shape index (κ3) is 4.55. The molecule has 0 heterocycles. The lowest BCUT2D eigenvalue weighted by Gasteiger charge is -2.14. The maximum atomic E-state index is 11.3. The summed E-state index contributed by atoms with van der Waals surface area (Å²) < 4.78 is 4.65. The largest absolute Gasteiger partial charge is 0.480 e. The summed E-state index contributed by atoms with van der Waals surface area (Å²) in [6.45, 7) is 1.82. The van der Waals surface area contributed by atoms with E-state index in [1.165, 1.54) is 7.11 Å². The number of carboxylic acids is 1. The number of amides is 1. The molecule has 0 saturated heterocycles. The fourth-order valence-electron chi connectivity index (χ4n) is 1.53. The van der Waals surface area contributed by atoms with Gasteiger partial charge in [-0.1, -0.05) is 29.8 Å². The van der Waals surface area contributed by atoms with Crippen molar-refractivity contribution in [1.29, 1.82) is 0 Å². The molecule has 98 valence electrons. The number of methoxy groups -OCH3 is 1. The Labute approximate surface area is 106 Å². The van der Waals surface area contributed by atoms with Gasteiger partial charge in [-0.3, -0.25) is 4.79 Å². The van der Waals surface area contributed by atoms with E-state index in [1.807, 2.05) is 31.2 Å². The molecule has 2 N–H and O–H groups in total. The third-order valence-corrected chi connectivity index (χ3v) is 2.47. The van der Waals surface area contributed by atoms with Crippen molar-refractivity contribution in [2.24, 2.45) is 0 Å². The fourth-order valence-corrected chi connectivity index (χ4v) is 1.53. The van der Waals surface area contributed by atoms with Crippen molar-refractivity contribution in [3.63, 3.8) is 0 Å². The van der Waals surface area contributed by atoms with Crippen LogP contribution in [0.25, 0.3) is 0 Å². The summed E-state index contributed by atoms with van der Waals surface area (Å²) in [4.78, 5) is 22.4. The van der Waals surface area contributed by atoms with E-state index in [1.54, 1.807) is 0 Å². The zero-order valence-electron chi connectivity index (χ0n) is 10.5. The topological polar surface area (TPSA) is 75.6 Å². The maximum absolute atomic E-state index is 11.3. The average Bonchev–Trinajstić information content (AvgIpc) is 2.31. The van der Waals surface area contributed by atoms with Crippen LogP contribution in [0.2, 0.25) is 0 Å². The molecule has 0 aliphatic rings. The number of rotatable bonds is 6. The molecule has 0 unspecified atom stereocenters. The molecule has 1 atom stereocenters. The lowest BCUT2D eigenvalue weighted by atomic mass is 10.0. The second kappa shape index (κ2) is 6.76. The van der Waals surface area contributed by atoms with Crippen LogP contribution in [0.5, 0.6) is 0 Å². The number of carboxylic acid groups (broad SMARTS) is 1. The van der Waals surface area contributed by atoms with Crippen molar-refractivity contribution < 1.29 is 19.4 Å². The van der Waals surface area contributed by atoms with Gasteiger partial charge < -0.3 is 15.2 Å². The summed E-state index contributed by atoms with van der Waals surface area (Å²) in [6, 6.07) is 6.59. The van der Waals surface area contributed by atoms with Crippen LogP contribution in [0.1, 0.15) is 11.1 Å². The fraction of sp³-hybridized carbons (Fsp3) is 0.385. The minimum Gasteiger partial charge on any atom is -0.480 e. The minimum absolute atomic E-state index is 0.141. The molecule has 0 aliphatic carbocycles. The van der Waals surface area contributed by atoms with Crippen LogP contribution in [0.15, 0.2) is 24.3 Å². The number of aryl methyl sites for hydroxylation is 1. The molecule has 0 bridgehead atoms. The number of nitrogens with one attached hydrogen (secondary N) is 1. The Hall–Kier alpha value is -1.88. The Kier molecular flexibility index (Phi) is 5.32. The van der Waals surface area contributed by atoms with Crippen LogP contribution in [0.3, 0.4) is 0 Å². The van der Waals surface area contributed by atoms with Gasteiger partial charge in [0.15, 0.2) is 0 Å². The lowest BCUT2D eigenvalue weighted by Crippen LogP contribution is -2.43. The summed E-state index contributed by atoms with van der Waals surface area (Å²) in [6.07, 6.45) is 0.255. The van der Waals surface area contributed by atoms with Gasteiger partial charge in [-0.25, -0.2) is 4.79 Å². The molecule has 5 heteroatoms. The van der Waals surface area contributed by atoms with E-state index in [0.29, 0.717) is 0 Å². The molecule has 0 radical (unpaired) electrons. The zero-order valence-corrected chi connectivity index (χ0v) is 10.5.